The van der Waals surface area contributed by atoms with Crippen molar-refractivity contribution in [2.75, 3.05) is 50.9 Å². The molecule has 1 aliphatic heterocycles. The summed E-state index contributed by atoms with van der Waals surface area (Å²) in [7, 11) is 3.20. The van der Waals surface area contributed by atoms with Crippen molar-refractivity contribution in [1.82, 2.24) is 29.7 Å². The Morgan fingerprint density at radius 2 is 1.88 bits per heavy atom. The molecular formula is C28H38ClF3N8O3. The van der Waals surface area contributed by atoms with Gasteiger partial charge < -0.3 is 30.4 Å². The molecule has 11 nitrogen and oxygen atoms in total. The van der Waals surface area contributed by atoms with Crippen LogP contribution in [0.15, 0.2) is 18.3 Å². The molecule has 1 aliphatic carbocycles. The zero-order valence-corrected chi connectivity index (χ0v) is 25.4. The lowest BCUT2D eigenvalue weighted by atomic mass is 9.95. The van der Waals surface area contributed by atoms with Crippen molar-refractivity contribution in [3.63, 3.8) is 0 Å². The highest BCUT2D eigenvalue weighted by atomic mass is 35.5. The summed E-state index contributed by atoms with van der Waals surface area (Å²) in [6.45, 7) is 3.76. The van der Waals surface area contributed by atoms with Crippen molar-refractivity contribution in [2.45, 2.75) is 63.7 Å². The van der Waals surface area contributed by atoms with Crippen LogP contribution in [0.4, 0.5) is 29.9 Å². The maximum absolute atomic E-state index is 15.1. The molecule has 0 atom stereocenters. The number of ether oxygens (including phenoxy) is 1. The van der Waals surface area contributed by atoms with Gasteiger partial charge >= 0.3 is 6.09 Å². The van der Waals surface area contributed by atoms with E-state index in [0.29, 0.717) is 30.1 Å². The number of rotatable bonds is 4. The molecule has 3 heterocycles. The average Bonchev–Trinajstić information content (AvgIpc) is 3.27. The number of halogens is 4. The number of aliphatic hydroxyl groups is 1. The fourth-order valence-electron chi connectivity index (χ4n) is 5.31. The van der Waals surface area contributed by atoms with Crippen LogP contribution in [0.2, 0.25) is 5.02 Å². The van der Waals surface area contributed by atoms with Gasteiger partial charge in [0.15, 0.2) is 5.82 Å². The highest BCUT2D eigenvalue weighted by molar-refractivity contribution is 6.33. The predicted octanol–water partition coefficient (Wildman–Crippen LogP) is 4.48. The van der Waals surface area contributed by atoms with E-state index >= 15 is 4.39 Å². The number of nitrogens with zero attached hydrogens (tertiary/aromatic N) is 6. The number of likely N-dealkylation sites (N-methyl/N-ethyl adjacent to an activating group) is 1. The van der Waals surface area contributed by atoms with Gasteiger partial charge in [0, 0.05) is 31.7 Å². The molecule has 236 valence electrons. The number of anilines is 2. The summed E-state index contributed by atoms with van der Waals surface area (Å²) in [5.41, 5.74) is 6.93. The zero-order chi connectivity index (χ0) is 31.5. The number of aliphatic hydroxyl groups excluding tert-OH is 1. The van der Waals surface area contributed by atoms with Gasteiger partial charge in [-0.3, -0.25) is 4.90 Å². The summed E-state index contributed by atoms with van der Waals surface area (Å²) in [6.07, 6.45) is 3.79. The first-order chi connectivity index (χ1) is 20.3. The quantitative estimate of drug-likeness (QED) is 0.383. The Labute approximate surface area is 253 Å². The Kier molecular flexibility index (Phi) is 10.2. The number of amides is 1. The van der Waals surface area contributed by atoms with Crippen LogP contribution in [0.3, 0.4) is 0 Å². The Morgan fingerprint density at radius 3 is 2.53 bits per heavy atom. The van der Waals surface area contributed by atoms with Crippen LogP contribution in [0.5, 0.6) is 0 Å². The molecule has 2 aliphatic rings. The van der Waals surface area contributed by atoms with Gasteiger partial charge in [-0.1, -0.05) is 11.6 Å². The number of nitrogens with one attached hydrogen (secondary N) is 1. The molecule has 2 aromatic heterocycles. The number of carbonyl (C=O) groups excluding carboxylic acids is 1. The third kappa shape index (κ3) is 7.98. The van der Waals surface area contributed by atoms with Crippen molar-refractivity contribution in [3.8, 4) is 11.3 Å². The highest BCUT2D eigenvalue weighted by Crippen LogP contribution is 2.35. The summed E-state index contributed by atoms with van der Waals surface area (Å²) < 4.78 is 50.8. The molecule has 43 heavy (non-hydrogen) atoms. The van der Waals surface area contributed by atoms with Crippen LogP contribution in [-0.2, 0) is 4.74 Å². The Bertz CT molecular complexity index is 1430. The van der Waals surface area contributed by atoms with Crippen LogP contribution >= 0.6 is 11.6 Å². The van der Waals surface area contributed by atoms with Gasteiger partial charge in [-0.25, -0.2) is 32.9 Å². The number of nitrogens with two attached hydrogens (primary N) is 1. The summed E-state index contributed by atoms with van der Waals surface area (Å²) in [5, 5.41) is 11.8. The number of imidazole rings is 1. The van der Waals surface area contributed by atoms with Gasteiger partial charge in [-0.2, -0.15) is 0 Å². The van der Waals surface area contributed by atoms with Gasteiger partial charge in [-0.05, 0) is 58.7 Å². The number of aromatic nitrogens is 4. The first-order valence-electron chi connectivity index (χ1n) is 14.2. The summed E-state index contributed by atoms with van der Waals surface area (Å²) in [6, 6.07) is 2.81. The molecule has 0 unspecified atom stereocenters. The molecule has 4 N–H and O–H groups in total. The summed E-state index contributed by atoms with van der Waals surface area (Å²) in [4.78, 5) is 26.3. The van der Waals surface area contributed by atoms with E-state index in [2.05, 4.69) is 20.3 Å². The van der Waals surface area contributed by atoms with Gasteiger partial charge in [0.05, 0.1) is 41.6 Å². The number of nitrogen functional groups attached to an aromatic ring is 1. The van der Waals surface area contributed by atoms with Crippen LogP contribution in [-0.4, -0.2) is 94.0 Å². The van der Waals surface area contributed by atoms with Crippen LogP contribution in [0, 0.1) is 5.82 Å². The largest absolute Gasteiger partial charge is 0.446 e. The predicted molar refractivity (Wildman–Crippen MR) is 159 cm³/mol. The minimum Gasteiger partial charge on any atom is -0.446 e. The molecule has 0 spiro atoms. The second kappa shape index (κ2) is 13.5. The summed E-state index contributed by atoms with van der Waals surface area (Å²) >= 11 is 6.21. The number of hydrogen-bond donors (Lipinski definition) is 3. The molecule has 1 aromatic carbocycles. The van der Waals surface area contributed by atoms with Crippen molar-refractivity contribution >= 4 is 40.6 Å². The molecule has 1 saturated heterocycles. The second-order valence-electron chi connectivity index (χ2n) is 11.2. The Morgan fingerprint density at radius 1 is 1.19 bits per heavy atom. The van der Waals surface area contributed by atoms with E-state index in [4.69, 9.17) is 27.2 Å². The number of benzene rings is 1. The van der Waals surface area contributed by atoms with E-state index in [1.54, 1.807) is 29.6 Å². The molecule has 5 rings (SSSR count). The van der Waals surface area contributed by atoms with Gasteiger partial charge in [-0.15, -0.1) is 0 Å². The highest BCUT2D eigenvalue weighted by Gasteiger charge is 2.38. The van der Waals surface area contributed by atoms with E-state index in [1.807, 2.05) is 13.8 Å². The van der Waals surface area contributed by atoms with Crippen molar-refractivity contribution in [1.29, 1.82) is 0 Å². The second-order valence-corrected chi connectivity index (χ2v) is 11.6. The third-order valence-electron chi connectivity index (χ3n) is 7.36. The van der Waals surface area contributed by atoms with Crippen molar-refractivity contribution < 1.29 is 27.8 Å². The Balaban J connectivity index is 0.000000296. The molecule has 1 amide bonds. The number of alkyl carbamates (subject to hydrolysis) is 1. The Hall–Kier alpha value is -3.36. The lowest BCUT2D eigenvalue weighted by Gasteiger charge is -2.26. The minimum absolute atomic E-state index is 0.00616. The van der Waals surface area contributed by atoms with E-state index in [1.165, 1.54) is 17.2 Å². The standard InChI is InChI=1S/C20H23ClF3N7.C8H15NO3/c1-11(2)31-15-7-12(16-13(21)8-26-18(25)27-16)6-14(22)17(15)28-19(31)30-5-4-29(3)9-20(23,24)10-30;1-9-8(11)12-7-4-2-6(10)3-5-7/h6-8,11H,4-5,9-10H2,1-3H3,(H2,25,26,27);6-7,10H,2-5H2,1H3,(H,9,11). The van der Waals surface area contributed by atoms with E-state index in [9.17, 15) is 13.6 Å². The normalized spacial score (nSPS) is 20.8. The molecule has 15 heteroatoms. The molecule has 0 bridgehead atoms. The molecule has 3 aromatic rings. The third-order valence-corrected chi connectivity index (χ3v) is 7.64. The zero-order valence-electron chi connectivity index (χ0n) is 24.7. The molecule has 0 radical (unpaired) electrons. The summed E-state index contributed by atoms with van der Waals surface area (Å²) in [5.74, 6) is -3.20. The lowest BCUT2D eigenvalue weighted by molar-refractivity contribution is -0.00961. The smallest absolute Gasteiger partial charge is 0.407 e. The average molecular weight is 627 g/mol. The molecular weight excluding hydrogens is 589 g/mol. The maximum Gasteiger partial charge on any atom is 0.407 e. The van der Waals surface area contributed by atoms with Crippen molar-refractivity contribution in [2.24, 2.45) is 0 Å². The minimum atomic E-state index is -2.92. The van der Waals surface area contributed by atoms with E-state index in [0.717, 1.165) is 25.7 Å². The topological polar surface area (TPSA) is 135 Å². The molecule has 1 saturated carbocycles. The van der Waals surface area contributed by atoms with Crippen LogP contribution < -0.4 is 16.0 Å². The van der Waals surface area contributed by atoms with Crippen LogP contribution in [0.25, 0.3) is 22.3 Å². The van der Waals surface area contributed by atoms with Gasteiger partial charge in [0.1, 0.15) is 11.6 Å². The SMILES string of the molecule is CC(C)n1c(N2CCN(C)CC(F)(F)C2)nc2c(F)cc(-c3nc(N)ncc3Cl)cc21.CNC(=O)OC1CCC(O)CC1. The fraction of sp³-hybridized carbons (Fsp3) is 0.571. The first kappa shape index (κ1) is 32.6. The van der Waals surface area contributed by atoms with Crippen LogP contribution in [0.1, 0.15) is 45.6 Å². The van der Waals surface area contributed by atoms with E-state index in [-0.39, 0.29) is 53.1 Å². The van der Waals surface area contributed by atoms with Gasteiger partial charge in [0.2, 0.25) is 11.9 Å². The number of hydrogen-bond acceptors (Lipinski definition) is 9. The van der Waals surface area contributed by atoms with Gasteiger partial charge in [0.25, 0.3) is 5.92 Å². The van der Waals surface area contributed by atoms with E-state index < -0.39 is 18.3 Å². The fourth-order valence-corrected chi connectivity index (χ4v) is 5.51. The maximum atomic E-state index is 15.1. The number of fused-ring (bicyclic) bond motifs is 1. The van der Waals surface area contributed by atoms with Crippen molar-refractivity contribution in [3.05, 3.63) is 29.2 Å². The first-order valence-corrected chi connectivity index (χ1v) is 14.5. The number of carbonyl (C=O) groups is 1. The monoisotopic (exact) mass is 626 g/mol. The number of alkyl halides is 2. The lowest BCUT2D eigenvalue weighted by Crippen LogP contribution is -2.39. The molecule has 2 fully saturated rings.